The molecular weight excluding hydrogens is 961 g/mol. The van der Waals surface area contributed by atoms with Gasteiger partial charge in [-0.2, -0.15) is 9.13 Å². The van der Waals surface area contributed by atoms with Gasteiger partial charge in [-0.05, 0) is 127 Å². The van der Waals surface area contributed by atoms with Gasteiger partial charge in [0.2, 0.25) is 11.4 Å². The van der Waals surface area contributed by atoms with Crippen molar-refractivity contribution in [2.45, 2.75) is 26.9 Å². The molecule has 78 heavy (non-hydrogen) atoms. The summed E-state index contributed by atoms with van der Waals surface area (Å²) in [7, 11) is 0. The average Bonchev–Trinajstić information content (AvgIpc) is 3.44. The minimum Gasteiger partial charge on any atom is -0.394 e. The van der Waals surface area contributed by atoms with Crippen molar-refractivity contribution in [1.82, 2.24) is 0 Å². The van der Waals surface area contributed by atoms with E-state index in [-0.39, 0.29) is 13.2 Å². The van der Waals surface area contributed by atoms with Gasteiger partial charge in [0.15, 0.2) is 62.7 Å². The van der Waals surface area contributed by atoms with E-state index in [4.69, 9.17) is 19.7 Å². The van der Waals surface area contributed by atoms with Crippen molar-refractivity contribution < 1.29 is 38.0 Å². The number of aromatic nitrogens is 4. The largest absolute Gasteiger partial charge is 0.394 e. The summed E-state index contributed by atoms with van der Waals surface area (Å²) in [5.74, 6) is 0. The van der Waals surface area contributed by atoms with Gasteiger partial charge in [-0.15, -0.1) is 0 Å². The number of aliphatic hydroxyl groups excluding tert-OH is 2. The lowest BCUT2D eigenvalue weighted by Crippen LogP contribution is -2.35. The molecule has 0 aliphatic rings. The molecule has 0 saturated heterocycles. The van der Waals surface area contributed by atoms with Gasteiger partial charge in [0.05, 0.1) is 26.4 Å². The number of benzene rings is 12. The number of pyridine rings is 4. The molecule has 16 rings (SSSR count). The van der Waals surface area contributed by atoms with Crippen LogP contribution in [0.2, 0.25) is 0 Å². The van der Waals surface area contributed by atoms with Gasteiger partial charge in [0.25, 0.3) is 0 Å². The summed E-state index contributed by atoms with van der Waals surface area (Å²) in [6.45, 7) is 7.74. The maximum atomic E-state index is 8.98. The first-order valence-electron chi connectivity index (χ1n) is 27.2. The zero-order chi connectivity index (χ0) is 52.2. The summed E-state index contributed by atoms with van der Waals surface area (Å²) in [4.78, 5) is 0. The maximum Gasteiger partial charge on any atom is 0.210 e. The standard InChI is InChI=1S/C38H26N2.C32H30N2O4/c1-23-3-11-29(12-4-23)39-19-25-7-15-31-33-17-9-27-21-40(30-13-5-24(2)6-14-30)22-28-10-18-34(38(33)36(27)28)32-16-8-26(20-39)35(25)37(31)32;35-11-15-37-13-9-33-17-21-1-5-25-26-6-3-23-19-34(10-14-38-16-12-36)20-24-4-8-28(32(26)30(23)24)27-7-2-22(18-33)29(21)31(25)27/h3-22H,1-2H3;1-8,17-20,35-36H,9-16H2/q2*+2. The number of ether oxygens (including phenoxy) is 2. The zero-order valence-electron chi connectivity index (χ0n) is 43.6. The summed E-state index contributed by atoms with van der Waals surface area (Å²) in [6, 6.07) is 54.1. The molecule has 376 valence electrons. The minimum atomic E-state index is 0.0487. The molecule has 0 unspecified atom stereocenters. The van der Waals surface area contributed by atoms with Crippen molar-refractivity contribution in [3.63, 3.8) is 0 Å². The van der Waals surface area contributed by atoms with Gasteiger partial charge in [-0.3, -0.25) is 0 Å². The van der Waals surface area contributed by atoms with Crippen LogP contribution in [0.25, 0.3) is 141 Å². The molecule has 0 amide bonds. The van der Waals surface area contributed by atoms with E-state index in [0.717, 1.165) is 13.1 Å². The van der Waals surface area contributed by atoms with E-state index in [1.165, 1.54) is 152 Å². The highest BCUT2D eigenvalue weighted by Crippen LogP contribution is 2.47. The molecule has 2 N–H and O–H groups in total. The molecule has 16 aromatic rings. The van der Waals surface area contributed by atoms with Crippen LogP contribution in [-0.2, 0) is 22.6 Å². The Balaban J connectivity index is 0.000000136. The van der Waals surface area contributed by atoms with Crippen molar-refractivity contribution >= 4 is 129 Å². The molecule has 8 nitrogen and oxygen atoms in total. The van der Waals surface area contributed by atoms with Gasteiger partial charge < -0.3 is 19.7 Å². The van der Waals surface area contributed by atoms with Crippen LogP contribution in [0.5, 0.6) is 0 Å². The van der Waals surface area contributed by atoms with Gasteiger partial charge in [-0.25, -0.2) is 9.13 Å². The predicted molar refractivity (Wildman–Crippen MR) is 316 cm³/mol. The molecule has 0 bridgehead atoms. The first kappa shape index (κ1) is 46.5. The third-order valence-corrected chi connectivity index (χ3v) is 16.5. The van der Waals surface area contributed by atoms with Gasteiger partial charge in [0.1, 0.15) is 13.2 Å². The Morgan fingerprint density at radius 3 is 0.769 bits per heavy atom. The fourth-order valence-electron chi connectivity index (χ4n) is 13.0. The number of rotatable bonds is 12. The minimum absolute atomic E-state index is 0.0487. The SMILES string of the molecule is Cc1ccc(-[n+]2cc3ccc4c5ccc6c[n+](-c7ccc(C)cc7)cc7ccc(c8ccc(c2)c3c48)c5c67)cc1.OCCOCC[n+]1cc2ccc3c4ccc5c[n+](CCOCCO)cc6ccc(c7ccc(c1)c2c37)c4c56. The van der Waals surface area contributed by atoms with E-state index in [1.54, 1.807) is 0 Å². The van der Waals surface area contributed by atoms with Crippen LogP contribution in [0.1, 0.15) is 11.1 Å². The number of aliphatic hydroxyl groups is 2. The molecule has 4 heterocycles. The lowest BCUT2D eigenvalue weighted by Gasteiger charge is -2.17. The van der Waals surface area contributed by atoms with Crippen LogP contribution < -0.4 is 18.3 Å². The van der Waals surface area contributed by atoms with E-state index >= 15 is 0 Å². The van der Waals surface area contributed by atoms with Crippen LogP contribution in [0, 0.1) is 13.8 Å². The highest BCUT2D eigenvalue weighted by molar-refractivity contribution is 6.41. The Bertz CT molecular complexity index is 4420. The molecule has 12 aromatic carbocycles. The third kappa shape index (κ3) is 7.43. The van der Waals surface area contributed by atoms with E-state index in [1.807, 2.05) is 0 Å². The smallest absolute Gasteiger partial charge is 0.210 e. The quantitative estimate of drug-likeness (QED) is 0.0553. The van der Waals surface area contributed by atoms with Crippen molar-refractivity contribution in [2.24, 2.45) is 0 Å². The van der Waals surface area contributed by atoms with E-state index in [0.29, 0.717) is 26.4 Å². The molecule has 0 saturated carbocycles. The molecular formula is C70H56N4O4+4. The number of hydrogen-bond acceptors (Lipinski definition) is 4. The molecule has 0 aliphatic carbocycles. The van der Waals surface area contributed by atoms with E-state index < -0.39 is 0 Å². The predicted octanol–water partition coefficient (Wildman–Crippen LogP) is 12.7. The average molecular weight is 1020 g/mol. The summed E-state index contributed by atoms with van der Waals surface area (Å²) >= 11 is 0. The first-order chi connectivity index (χ1) is 38.4. The highest BCUT2D eigenvalue weighted by Gasteiger charge is 2.24. The summed E-state index contributed by atoms with van der Waals surface area (Å²) < 4.78 is 19.9. The summed E-state index contributed by atoms with van der Waals surface area (Å²) in [6.07, 6.45) is 17.9. The van der Waals surface area contributed by atoms with Crippen LogP contribution in [0.15, 0.2) is 195 Å². The van der Waals surface area contributed by atoms with Crippen molar-refractivity contribution in [1.29, 1.82) is 0 Å². The normalized spacial score (nSPS) is 12.4. The van der Waals surface area contributed by atoms with Crippen LogP contribution >= 0.6 is 0 Å². The Kier molecular flexibility index (Phi) is 11.0. The molecule has 8 heteroatoms. The number of aryl methyl sites for hydroxylation is 2. The number of hydrogen-bond donors (Lipinski definition) is 2. The second-order valence-electron chi connectivity index (χ2n) is 21.3. The lowest BCUT2D eigenvalue weighted by atomic mass is 9.86. The van der Waals surface area contributed by atoms with Crippen LogP contribution in [0.3, 0.4) is 0 Å². The third-order valence-electron chi connectivity index (χ3n) is 16.5. The number of fused-ring (bicyclic) bond motifs is 4. The Hall–Kier alpha value is -8.76. The lowest BCUT2D eigenvalue weighted by molar-refractivity contribution is -0.696. The zero-order valence-corrected chi connectivity index (χ0v) is 43.6. The fourth-order valence-corrected chi connectivity index (χ4v) is 13.0. The van der Waals surface area contributed by atoms with Crippen molar-refractivity contribution in [3.8, 4) is 11.4 Å². The second kappa shape index (κ2) is 18.5. The van der Waals surface area contributed by atoms with E-state index in [2.05, 4.69) is 227 Å². The number of nitrogens with zero attached hydrogens (tertiary/aromatic N) is 4. The second-order valence-corrected chi connectivity index (χ2v) is 21.3. The van der Waals surface area contributed by atoms with Gasteiger partial charge in [-0.1, -0.05) is 83.9 Å². The summed E-state index contributed by atoms with van der Waals surface area (Å²) in [5.41, 5.74) is 4.91. The van der Waals surface area contributed by atoms with Crippen molar-refractivity contribution in [2.75, 3.05) is 39.6 Å². The maximum absolute atomic E-state index is 8.98. The summed E-state index contributed by atoms with van der Waals surface area (Å²) in [5, 5.41) is 49.1. The van der Waals surface area contributed by atoms with E-state index in [9.17, 15) is 0 Å². The highest BCUT2D eigenvalue weighted by atomic mass is 16.5. The van der Waals surface area contributed by atoms with Gasteiger partial charge >= 0.3 is 0 Å². The molecule has 0 spiro atoms. The first-order valence-corrected chi connectivity index (χ1v) is 27.2. The Morgan fingerprint density at radius 2 is 0.526 bits per heavy atom. The molecule has 0 radical (unpaired) electrons. The Morgan fingerprint density at radius 1 is 0.282 bits per heavy atom. The fraction of sp³-hybridized carbons (Fsp3) is 0.143. The molecule has 0 aliphatic heterocycles. The topological polar surface area (TPSA) is 74.4 Å². The monoisotopic (exact) mass is 1020 g/mol. The molecule has 4 aromatic heterocycles. The van der Waals surface area contributed by atoms with Gasteiger partial charge in [0, 0.05) is 88.9 Å². The molecule has 0 fully saturated rings. The van der Waals surface area contributed by atoms with Crippen LogP contribution in [-0.4, -0.2) is 49.9 Å². The van der Waals surface area contributed by atoms with Crippen LogP contribution in [0.4, 0.5) is 0 Å². The Labute approximate surface area is 449 Å². The molecule has 0 atom stereocenters. The van der Waals surface area contributed by atoms with Crippen molar-refractivity contribution in [3.05, 3.63) is 206 Å².